The highest BCUT2D eigenvalue weighted by molar-refractivity contribution is 7.35. The van der Waals surface area contributed by atoms with Gasteiger partial charge in [-0.2, -0.15) is 0 Å². The van der Waals surface area contributed by atoms with Gasteiger partial charge in [0.2, 0.25) is 15.7 Å². The van der Waals surface area contributed by atoms with Crippen LogP contribution in [0.4, 0.5) is 0 Å². The summed E-state index contributed by atoms with van der Waals surface area (Å²) >= 11 is 0. The summed E-state index contributed by atoms with van der Waals surface area (Å²) in [5.74, 6) is 0. The average molecular weight is 459 g/mol. The SMILES string of the molecule is CC1(C)CC(O[Si](C)(C)[Si](C)(C)OC2CC(C)(C)N([O])C(C)(C)C2)CC(C)(C)N1[O]. The van der Waals surface area contributed by atoms with E-state index in [4.69, 9.17) is 8.85 Å². The summed E-state index contributed by atoms with van der Waals surface area (Å²) in [5, 5.41) is 27.9. The van der Waals surface area contributed by atoms with Crippen molar-refractivity contribution in [1.82, 2.24) is 10.1 Å². The fourth-order valence-electron chi connectivity index (χ4n) is 5.63. The van der Waals surface area contributed by atoms with Gasteiger partial charge in [-0.1, -0.05) is 0 Å². The summed E-state index contributed by atoms with van der Waals surface area (Å²) in [7, 11) is -4.31. The minimum absolute atomic E-state index is 0.0774. The lowest BCUT2D eigenvalue weighted by Gasteiger charge is -2.53. The van der Waals surface area contributed by atoms with Gasteiger partial charge in [0.05, 0.1) is 0 Å². The Labute approximate surface area is 186 Å². The molecule has 0 N–H and O–H groups in total. The number of rotatable bonds is 5. The van der Waals surface area contributed by atoms with Crippen LogP contribution >= 0.6 is 0 Å². The Morgan fingerprint density at radius 1 is 0.567 bits per heavy atom. The van der Waals surface area contributed by atoms with Crippen molar-refractivity contribution in [3.05, 3.63) is 0 Å². The zero-order valence-corrected chi connectivity index (χ0v) is 23.5. The highest BCUT2D eigenvalue weighted by atomic mass is 29.3. The van der Waals surface area contributed by atoms with Gasteiger partial charge >= 0.3 is 0 Å². The third-order valence-corrected chi connectivity index (χ3v) is 21.6. The molecule has 0 amide bonds. The molecule has 2 fully saturated rings. The molecule has 30 heavy (non-hydrogen) atoms. The first-order valence-electron chi connectivity index (χ1n) is 11.4. The third kappa shape index (κ3) is 5.22. The maximum Gasteiger partial charge on any atom is 0.205 e. The minimum Gasteiger partial charge on any atom is -0.414 e. The zero-order valence-electron chi connectivity index (χ0n) is 21.5. The van der Waals surface area contributed by atoms with Crippen molar-refractivity contribution < 1.29 is 19.3 Å². The first-order chi connectivity index (χ1) is 13.1. The molecule has 0 aromatic carbocycles. The second kappa shape index (κ2) is 7.90. The van der Waals surface area contributed by atoms with Crippen LogP contribution in [0.5, 0.6) is 0 Å². The molecular weight excluding hydrogens is 412 g/mol. The highest BCUT2D eigenvalue weighted by Crippen LogP contribution is 2.42. The summed E-state index contributed by atoms with van der Waals surface area (Å²) in [6, 6.07) is 0. The van der Waals surface area contributed by atoms with Crippen molar-refractivity contribution in [2.45, 2.75) is 142 Å². The first-order valence-corrected chi connectivity index (χ1v) is 18.3. The molecule has 0 aromatic rings. The van der Waals surface area contributed by atoms with E-state index in [1.54, 1.807) is 0 Å². The van der Waals surface area contributed by atoms with E-state index in [1.807, 2.05) is 55.4 Å². The van der Waals surface area contributed by atoms with Crippen LogP contribution < -0.4 is 0 Å². The second-order valence-electron chi connectivity index (χ2n) is 13.2. The van der Waals surface area contributed by atoms with E-state index in [0.29, 0.717) is 0 Å². The van der Waals surface area contributed by atoms with Crippen LogP contribution in [0, 0.1) is 0 Å². The predicted octanol–water partition coefficient (Wildman–Crippen LogP) is 5.24. The van der Waals surface area contributed by atoms with Gasteiger partial charge in [0.25, 0.3) is 0 Å². The van der Waals surface area contributed by atoms with Crippen molar-refractivity contribution >= 4 is 15.7 Å². The summed E-state index contributed by atoms with van der Waals surface area (Å²) in [6.07, 6.45) is 3.14. The van der Waals surface area contributed by atoms with Crippen LogP contribution in [-0.4, -0.2) is 60.2 Å². The minimum atomic E-state index is -2.15. The number of hydrogen-bond donors (Lipinski definition) is 0. The Morgan fingerprint density at radius 2 is 0.767 bits per heavy atom. The predicted molar refractivity (Wildman–Crippen MR) is 125 cm³/mol. The number of nitrogens with zero attached hydrogens (tertiary/aromatic N) is 2. The molecule has 2 rings (SSSR count). The number of hydroxylamine groups is 4. The van der Waals surface area contributed by atoms with Gasteiger partial charge in [-0.05, 0) is 107 Å². The van der Waals surface area contributed by atoms with Gasteiger partial charge in [0.15, 0.2) is 0 Å². The summed E-state index contributed by atoms with van der Waals surface area (Å²) in [6.45, 7) is 25.3. The molecule has 0 saturated carbocycles. The van der Waals surface area contributed by atoms with E-state index < -0.39 is 37.8 Å². The van der Waals surface area contributed by atoms with E-state index in [9.17, 15) is 10.4 Å². The lowest BCUT2D eigenvalue weighted by Crippen LogP contribution is -2.67. The molecule has 2 aliphatic heterocycles. The van der Waals surface area contributed by atoms with Gasteiger partial charge < -0.3 is 8.85 Å². The largest absolute Gasteiger partial charge is 0.414 e. The van der Waals surface area contributed by atoms with Crippen molar-refractivity contribution in [3.8, 4) is 0 Å². The molecule has 2 heterocycles. The van der Waals surface area contributed by atoms with Crippen molar-refractivity contribution in [2.24, 2.45) is 0 Å². The summed E-state index contributed by atoms with van der Waals surface area (Å²) < 4.78 is 13.7. The van der Waals surface area contributed by atoms with Crippen LogP contribution in [0.3, 0.4) is 0 Å². The Balaban J connectivity index is 2.15. The van der Waals surface area contributed by atoms with Crippen LogP contribution in [0.1, 0.15) is 81.1 Å². The molecule has 0 atom stereocenters. The van der Waals surface area contributed by atoms with Gasteiger partial charge in [0.1, 0.15) is 0 Å². The van der Waals surface area contributed by atoms with Crippen molar-refractivity contribution in [2.75, 3.05) is 0 Å². The van der Waals surface area contributed by atoms with Crippen molar-refractivity contribution in [1.29, 1.82) is 0 Å². The number of piperidine rings is 2. The summed E-state index contributed by atoms with van der Waals surface area (Å²) in [5.41, 5.74) is -1.73. The van der Waals surface area contributed by atoms with Crippen LogP contribution in [0.15, 0.2) is 0 Å². The zero-order chi connectivity index (χ0) is 23.6. The molecule has 2 radical (unpaired) electrons. The van der Waals surface area contributed by atoms with Crippen molar-refractivity contribution in [3.63, 3.8) is 0 Å². The fraction of sp³-hybridized carbons (Fsp3) is 1.00. The second-order valence-corrected chi connectivity index (χ2v) is 26.9. The molecule has 176 valence electrons. The molecule has 8 heteroatoms. The standard InChI is InChI=1S/C22H46N2O4Si2/c1-19(2)13-17(14-20(3,4)23(19)25)27-29(9,10)30(11,12)28-18-15-21(5,6)24(26)22(7,8)16-18/h17-18H,13-16H2,1-12H3. The van der Waals surface area contributed by atoms with E-state index in [-0.39, 0.29) is 12.2 Å². The van der Waals surface area contributed by atoms with Gasteiger partial charge in [-0.25, -0.2) is 0 Å². The van der Waals surface area contributed by atoms with E-state index in [0.717, 1.165) is 25.7 Å². The molecule has 2 saturated heterocycles. The van der Waals surface area contributed by atoms with Crippen LogP contribution in [-0.2, 0) is 19.3 Å². The lowest BCUT2D eigenvalue weighted by atomic mass is 9.80. The molecule has 0 spiro atoms. The molecular formula is C22H46N2O4Si2. The topological polar surface area (TPSA) is 64.7 Å². The van der Waals surface area contributed by atoms with Gasteiger partial charge in [-0.3, -0.25) is 0 Å². The molecule has 0 aliphatic carbocycles. The maximum absolute atomic E-state index is 12.7. The molecule has 2 aliphatic rings. The molecule has 0 unspecified atom stereocenters. The maximum atomic E-state index is 12.7. The monoisotopic (exact) mass is 458 g/mol. The molecule has 6 nitrogen and oxygen atoms in total. The van der Waals surface area contributed by atoms with Gasteiger partial charge in [0, 0.05) is 34.4 Å². The first kappa shape index (κ1) is 26.4. The van der Waals surface area contributed by atoms with Crippen LogP contribution in [0.2, 0.25) is 26.2 Å². The Hall–Kier alpha value is 0.194. The molecule has 0 aromatic heterocycles. The lowest BCUT2D eigenvalue weighted by molar-refractivity contribution is -0.297. The fourth-order valence-corrected chi connectivity index (χ4v) is 10.9. The average Bonchev–Trinajstić information content (AvgIpc) is 2.48. The van der Waals surface area contributed by atoms with Gasteiger partial charge in [-0.15, -0.1) is 20.5 Å². The highest BCUT2D eigenvalue weighted by Gasteiger charge is 2.54. The van der Waals surface area contributed by atoms with E-state index in [2.05, 4.69) is 26.2 Å². The van der Waals surface area contributed by atoms with E-state index in [1.165, 1.54) is 10.1 Å². The normalized spacial score (nSPS) is 28.6. The van der Waals surface area contributed by atoms with E-state index >= 15 is 0 Å². The Kier molecular flexibility index (Phi) is 6.97. The quantitative estimate of drug-likeness (QED) is 0.528. The Morgan fingerprint density at radius 3 is 0.967 bits per heavy atom. The Bertz CT molecular complexity index is 545. The van der Waals surface area contributed by atoms with Crippen LogP contribution in [0.25, 0.3) is 0 Å². The number of hydrogen-bond acceptors (Lipinski definition) is 4. The third-order valence-electron chi connectivity index (χ3n) is 7.48. The summed E-state index contributed by atoms with van der Waals surface area (Å²) in [4.78, 5) is 0. The molecule has 0 bridgehead atoms. The smallest absolute Gasteiger partial charge is 0.205 e.